The van der Waals surface area contributed by atoms with Gasteiger partial charge in [-0.25, -0.2) is 9.78 Å². The minimum atomic E-state index is -0.377. The van der Waals surface area contributed by atoms with E-state index in [9.17, 15) is 9.59 Å². The summed E-state index contributed by atoms with van der Waals surface area (Å²) in [6.45, 7) is 7.65. The number of ether oxygens (including phenoxy) is 1. The Morgan fingerprint density at radius 2 is 2.08 bits per heavy atom. The third-order valence-corrected chi connectivity index (χ3v) is 5.47. The summed E-state index contributed by atoms with van der Waals surface area (Å²) in [4.78, 5) is 34.6. The Labute approximate surface area is 157 Å². The van der Waals surface area contributed by atoms with E-state index < -0.39 is 0 Å². The van der Waals surface area contributed by atoms with Crippen LogP contribution >= 0.6 is 11.3 Å². The van der Waals surface area contributed by atoms with Gasteiger partial charge in [0.05, 0.1) is 23.6 Å². The van der Waals surface area contributed by atoms with Crippen molar-refractivity contribution in [3.63, 3.8) is 0 Å². The van der Waals surface area contributed by atoms with Crippen LogP contribution < -0.4 is 5.32 Å². The number of rotatable bonds is 4. The van der Waals surface area contributed by atoms with Crippen molar-refractivity contribution in [2.75, 3.05) is 5.32 Å². The molecule has 3 rings (SSSR count). The second-order valence-electron chi connectivity index (χ2n) is 7.01. The van der Waals surface area contributed by atoms with Gasteiger partial charge in [0.2, 0.25) is 0 Å². The number of hydrogen-bond acceptors (Lipinski definition) is 6. The van der Waals surface area contributed by atoms with Gasteiger partial charge in [0.1, 0.15) is 10.7 Å². The number of thiophene rings is 1. The zero-order valence-corrected chi connectivity index (χ0v) is 16.3. The van der Waals surface area contributed by atoms with E-state index in [0.717, 1.165) is 35.4 Å². The molecule has 1 aliphatic rings. The molecule has 0 radical (unpaired) electrons. The number of carbonyl (C=O) groups is 2. The molecule has 2 heterocycles. The quantitative estimate of drug-likeness (QED) is 0.825. The van der Waals surface area contributed by atoms with Crippen LogP contribution in [0, 0.1) is 12.8 Å². The summed E-state index contributed by atoms with van der Waals surface area (Å²) in [6, 6.07) is 0. The number of fused-ring (bicyclic) bond motifs is 1. The van der Waals surface area contributed by atoms with Gasteiger partial charge in [-0.05, 0) is 51.5 Å². The van der Waals surface area contributed by atoms with Crippen molar-refractivity contribution in [1.29, 1.82) is 0 Å². The lowest BCUT2D eigenvalue weighted by molar-refractivity contribution is 0.0378. The standard InChI is InChI=1S/C19H23N3O3S/c1-10(2)25-19(24)16-13-6-5-11(3)7-15(13)26-18(16)22-17(23)14-9-20-12(4)8-21-14/h8-11H,5-7H2,1-4H3,(H,22,23)/t11-/m0/s1. The minimum Gasteiger partial charge on any atom is -0.459 e. The summed E-state index contributed by atoms with van der Waals surface area (Å²) in [5, 5.41) is 3.39. The van der Waals surface area contributed by atoms with E-state index in [-0.39, 0.29) is 23.7 Å². The molecule has 0 bridgehead atoms. The number of amides is 1. The number of nitrogens with one attached hydrogen (secondary N) is 1. The largest absolute Gasteiger partial charge is 0.459 e. The Morgan fingerprint density at radius 3 is 2.73 bits per heavy atom. The third kappa shape index (κ3) is 3.93. The smallest absolute Gasteiger partial charge is 0.341 e. The Kier molecular flexibility index (Phi) is 5.36. The lowest BCUT2D eigenvalue weighted by Gasteiger charge is -2.18. The molecule has 1 atom stereocenters. The van der Waals surface area contributed by atoms with Crippen LogP contribution in [0.4, 0.5) is 5.00 Å². The second kappa shape index (κ2) is 7.53. The predicted molar refractivity (Wildman–Crippen MR) is 101 cm³/mol. The Bertz CT molecular complexity index is 827. The number of nitrogens with zero attached hydrogens (tertiary/aromatic N) is 2. The maximum atomic E-state index is 12.7. The lowest BCUT2D eigenvalue weighted by Crippen LogP contribution is -2.19. The molecule has 0 spiro atoms. The van der Waals surface area contributed by atoms with Crippen molar-refractivity contribution in [3.8, 4) is 0 Å². The normalized spacial score (nSPS) is 16.3. The van der Waals surface area contributed by atoms with Crippen LogP contribution in [0.3, 0.4) is 0 Å². The van der Waals surface area contributed by atoms with E-state index in [1.165, 1.54) is 17.5 Å². The van der Waals surface area contributed by atoms with Crippen LogP contribution in [0.25, 0.3) is 0 Å². The molecule has 1 aliphatic carbocycles. The molecule has 1 amide bonds. The maximum Gasteiger partial charge on any atom is 0.341 e. The van der Waals surface area contributed by atoms with E-state index in [4.69, 9.17) is 4.74 Å². The molecule has 0 saturated heterocycles. The Hall–Kier alpha value is -2.28. The molecule has 0 aliphatic heterocycles. The van der Waals surface area contributed by atoms with Crippen LogP contribution in [-0.2, 0) is 17.6 Å². The molecule has 1 N–H and O–H groups in total. The number of carbonyl (C=O) groups excluding carboxylic acids is 2. The van der Waals surface area contributed by atoms with Gasteiger partial charge >= 0.3 is 5.97 Å². The fourth-order valence-electron chi connectivity index (χ4n) is 3.00. The molecular formula is C19H23N3O3S. The number of aryl methyl sites for hydroxylation is 1. The van der Waals surface area contributed by atoms with Gasteiger partial charge in [0, 0.05) is 11.1 Å². The van der Waals surface area contributed by atoms with Gasteiger partial charge in [-0.15, -0.1) is 11.3 Å². The van der Waals surface area contributed by atoms with E-state index >= 15 is 0 Å². The summed E-state index contributed by atoms with van der Waals surface area (Å²) < 4.78 is 5.42. The summed E-state index contributed by atoms with van der Waals surface area (Å²) in [5.74, 6) is -0.179. The zero-order chi connectivity index (χ0) is 18.8. The van der Waals surface area contributed by atoms with Gasteiger partial charge in [0.25, 0.3) is 5.91 Å². The average molecular weight is 373 g/mol. The van der Waals surface area contributed by atoms with Gasteiger partial charge in [-0.2, -0.15) is 0 Å². The predicted octanol–water partition coefficient (Wildman–Crippen LogP) is 3.79. The van der Waals surface area contributed by atoms with Gasteiger partial charge < -0.3 is 10.1 Å². The average Bonchev–Trinajstić information content (AvgIpc) is 2.91. The highest BCUT2D eigenvalue weighted by Crippen LogP contribution is 2.40. The van der Waals surface area contributed by atoms with Gasteiger partial charge in [-0.1, -0.05) is 6.92 Å². The number of anilines is 1. The highest BCUT2D eigenvalue weighted by molar-refractivity contribution is 7.17. The zero-order valence-electron chi connectivity index (χ0n) is 15.5. The molecule has 0 aromatic carbocycles. The van der Waals surface area contributed by atoms with Gasteiger partial charge in [0.15, 0.2) is 0 Å². The second-order valence-corrected chi connectivity index (χ2v) is 8.11. The van der Waals surface area contributed by atoms with E-state index in [1.54, 1.807) is 6.20 Å². The fourth-order valence-corrected chi connectivity index (χ4v) is 4.40. The highest BCUT2D eigenvalue weighted by atomic mass is 32.1. The van der Waals surface area contributed by atoms with Crippen LogP contribution in [0.2, 0.25) is 0 Å². The SMILES string of the molecule is Cc1cnc(C(=O)Nc2sc3c(c2C(=O)OC(C)C)CC[C@H](C)C3)cn1. The van der Waals surface area contributed by atoms with Crippen LogP contribution in [0.1, 0.15) is 64.2 Å². The first-order valence-electron chi connectivity index (χ1n) is 8.80. The van der Waals surface area contributed by atoms with Crippen LogP contribution in [0.5, 0.6) is 0 Å². The summed E-state index contributed by atoms with van der Waals surface area (Å²) in [5.41, 5.74) is 2.48. The molecule has 26 heavy (non-hydrogen) atoms. The van der Waals surface area contributed by atoms with E-state index in [1.807, 2.05) is 20.8 Å². The summed E-state index contributed by atoms with van der Waals surface area (Å²) in [6.07, 6.45) is 5.55. The van der Waals surface area contributed by atoms with Crippen molar-refractivity contribution >= 4 is 28.2 Å². The highest BCUT2D eigenvalue weighted by Gasteiger charge is 2.30. The maximum absolute atomic E-state index is 12.7. The number of esters is 1. The number of hydrogen-bond donors (Lipinski definition) is 1. The van der Waals surface area contributed by atoms with Crippen molar-refractivity contribution in [1.82, 2.24) is 9.97 Å². The molecular weight excluding hydrogens is 350 g/mol. The van der Waals surface area contributed by atoms with E-state index in [2.05, 4.69) is 22.2 Å². The fraction of sp³-hybridized carbons (Fsp3) is 0.474. The Morgan fingerprint density at radius 1 is 1.31 bits per heavy atom. The summed E-state index contributed by atoms with van der Waals surface area (Å²) >= 11 is 1.47. The molecule has 2 aromatic rings. The lowest BCUT2D eigenvalue weighted by atomic mass is 9.88. The first-order valence-corrected chi connectivity index (χ1v) is 9.62. The van der Waals surface area contributed by atoms with Crippen molar-refractivity contribution in [2.24, 2.45) is 5.92 Å². The van der Waals surface area contributed by atoms with Crippen LogP contribution in [0.15, 0.2) is 12.4 Å². The summed E-state index contributed by atoms with van der Waals surface area (Å²) in [7, 11) is 0. The first-order chi connectivity index (χ1) is 12.3. The minimum absolute atomic E-state index is 0.216. The molecule has 2 aromatic heterocycles. The van der Waals surface area contributed by atoms with Crippen molar-refractivity contribution in [3.05, 3.63) is 39.8 Å². The molecule has 6 nitrogen and oxygen atoms in total. The van der Waals surface area contributed by atoms with E-state index in [0.29, 0.717) is 16.5 Å². The first kappa shape index (κ1) is 18.5. The molecule has 138 valence electrons. The van der Waals surface area contributed by atoms with Crippen molar-refractivity contribution < 1.29 is 14.3 Å². The van der Waals surface area contributed by atoms with Crippen molar-refractivity contribution in [2.45, 2.75) is 53.1 Å². The molecule has 7 heteroatoms. The Balaban J connectivity index is 1.93. The number of aromatic nitrogens is 2. The molecule has 0 fully saturated rings. The van der Waals surface area contributed by atoms with Gasteiger partial charge in [-0.3, -0.25) is 9.78 Å². The monoisotopic (exact) mass is 373 g/mol. The molecule has 0 unspecified atom stereocenters. The topological polar surface area (TPSA) is 81.2 Å². The third-order valence-electron chi connectivity index (χ3n) is 4.30. The molecule has 0 saturated carbocycles. The van der Waals surface area contributed by atoms with Crippen LogP contribution in [-0.4, -0.2) is 27.9 Å².